The van der Waals surface area contributed by atoms with Crippen LogP contribution < -0.4 is 5.32 Å². The number of rotatable bonds is 6. The Balaban J connectivity index is 1.39. The highest BCUT2D eigenvalue weighted by molar-refractivity contribution is 7.89. The summed E-state index contributed by atoms with van der Waals surface area (Å²) in [6.45, 7) is 0.532. The molecule has 2 aromatic carbocycles. The maximum atomic E-state index is 13.3. The van der Waals surface area contributed by atoms with E-state index in [1.54, 1.807) is 59.7 Å². The van der Waals surface area contributed by atoms with Crippen molar-refractivity contribution in [3.63, 3.8) is 0 Å². The standard InChI is InChI=1S/C25H24N4O4S/c30-25(19-8-7-14-28(17-19)34(31,32)22-11-5-2-6-12-22)26-24-16-23(20-13-15-33-18-20)27-29(24)21-9-3-1-4-10-21/h1-6,9-13,15-16,18-19H,7-8,14,17H2,(H,26,30). The molecule has 9 heteroatoms. The Hall–Kier alpha value is -3.69. The minimum Gasteiger partial charge on any atom is -0.472 e. The molecule has 4 aromatic rings. The fraction of sp³-hybridized carbons (Fsp3) is 0.200. The van der Waals surface area contributed by atoms with E-state index in [-0.39, 0.29) is 17.3 Å². The molecule has 0 bridgehead atoms. The molecule has 5 rings (SSSR count). The SMILES string of the molecule is O=C(Nc1cc(-c2ccoc2)nn1-c1ccccc1)C1CCCN(S(=O)(=O)c2ccccc2)C1. The number of nitrogens with zero attached hydrogens (tertiary/aromatic N) is 3. The molecular formula is C25H24N4O4S. The normalized spacial score (nSPS) is 16.9. The molecule has 174 valence electrons. The van der Waals surface area contributed by atoms with E-state index < -0.39 is 15.9 Å². The highest BCUT2D eigenvalue weighted by atomic mass is 32.2. The number of sulfonamides is 1. The fourth-order valence-corrected chi connectivity index (χ4v) is 5.68. The Labute approximate surface area is 197 Å². The van der Waals surface area contributed by atoms with Gasteiger partial charge >= 0.3 is 0 Å². The Morgan fingerprint density at radius 3 is 2.47 bits per heavy atom. The number of carbonyl (C=O) groups is 1. The van der Waals surface area contributed by atoms with Crippen molar-refractivity contribution in [3.05, 3.63) is 85.3 Å². The molecule has 1 unspecified atom stereocenters. The van der Waals surface area contributed by atoms with Gasteiger partial charge in [0.25, 0.3) is 0 Å². The number of hydrogen-bond acceptors (Lipinski definition) is 5. The summed E-state index contributed by atoms with van der Waals surface area (Å²) in [6.07, 6.45) is 4.39. The lowest BCUT2D eigenvalue weighted by Crippen LogP contribution is -2.43. The first-order chi connectivity index (χ1) is 16.5. The predicted octanol–water partition coefficient (Wildman–Crippen LogP) is 4.17. The number of nitrogens with one attached hydrogen (secondary N) is 1. The van der Waals surface area contributed by atoms with Gasteiger partial charge in [-0.2, -0.15) is 9.40 Å². The third kappa shape index (κ3) is 4.40. The molecule has 0 saturated carbocycles. The summed E-state index contributed by atoms with van der Waals surface area (Å²) in [6, 6.07) is 21.4. The van der Waals surface area contributed by atoms with Crippen LogP contribution in [0.3, 0.4) is 0 Å². The number of para-hydroxylation sites is 1. The smallest absolute Gasteiger partial charge is 0.243 e. The molecule has 8 nitrogen and oxygen atoms in total. The zero-order valence-electron chi connectivity index (χ0n) is 18.4. The van der Waals surface area contributed by atoms with Crippen molar-refractivity contribution >= 4 is 21.7 Å². The molecule has 1 N–H and O–H groups in total. The van der Waals surface area contributed by atoms with Gasteiger partial charge < -0.3 is 9.73 Å². The average molecular weight is 477 g/mol. The van der Waals surface area contributed by atoms with E-state index in [9.17, 15) is 13.2 Å². The summed E-state index contributed by atoms with van der Waals surface area (Å²) < 4.78 is 34.4. The van der Waals surface area contributed by atoms with Crippen molar-refractivity contribution in [1.82, 2.24) is 14.1 Å². The van der Waals surface area contributed by atoms with Crippen molar-refractivity contribution in [2.24, 2.45) is 5.92 Å². The van der Waals surface area contributed by atoms with Crippen molar-refractivity contribution < 1.29 is 17.6 Å². The predicted molar refractivity (Wildman–Crippen MR) is 128 cm³/mol. The van der Waals surface area contributed by atoms with Gasteiger partial charge in [0.2, 0.25) is 15.9 Å². The zero-order chi connectivity index (χ0) is 23.5. The van der Waals surface area contributed by atoms with Crippen LogP contribution in [-0.2, 0) is 14.8 Å². The van der Waals surface area contributed by atoms with Crippen LogP contribution >= 0.6 is 0 Å². The first-order valence-corrected chi connectivity index (χ1v) is 12.5. The number of piperidine rings is 1. The number of anilines is 1. The molecule has 1 aliphatic heterocycles. The maximum absolute atomic E-state index is 13.3. The quantitative estimate of drug-likeness (QED) is 0.450. The molecular weight excluding hydrogens is 452 g/mol. The van der Waals surface area contributed by atoms with Gasteiger partial charge in [-0.1, -0.05) is 36.4 Å². The topological polar surface area (TPSA) is 97.4 Å². The first-order valence-electron chi connectivity index (χ1n) is 11.1. The van der Waals surface area contributed by atoms with E-state index >= 15 is 0 Å². The second-order valence-corrected chi connectivity index (χ2v) is 10.1. The van der Waals surface area contributed by atoms with Gasteiger partial charge in [0, 0.05) is 24.7 Å². The molecule has 0 spiro atoms. The van der Waals surface area contributed by atoms with Crippen molar-refractivity contribution in [3.8, 4) is 16.9 Å². The molecule has 1 fully saturated rings. The van der Waals surface area contributed by atoms with Gasteiger partial charge in [-0.25, -0.2) is 13.1 Å². The zero-order valence-corrected chi connectivity index (χ0v) is 19.2. The van der Waals surface area contributed by atoms with E-state index in [1.165, 1.54) is 4.31 Å². The van der Waals surface area contributed by atoms with E-state index in [0.717, 1.165) is 11.3 Å². The minimum atomic E-state index is -3.65. The second kappa shape index (κ2) is 9.28. The van der Waals surface area contributed by atoms with Gasteiger partial charge in [0.1, 0.15) is 5.82 Å². The summed E-state index contributed by atoms with van der Waals surface area (Å²) in [7, 11) is -3.65. The maximum Gasteiger partial charge on any atom is 0.243 e. The van der Waals surface area contributed by atoms with Crippen LogP contribution in [0.25, 0.3) is 16.9 Å². The molecule has 0 radical (unpaired) electrons. The largest absolute Gasteiger partial charge is 0.472 e. The third-order valence-corrected chi connectivity index (χ3v) is 7.79. The Kier molecular flexibility index (Phi) is 6.04. The number of carbonyl (C=O) groups excluding carboxylic acids is 1. The molecule has 3 heterocycles. The summed E-state index contributed by atoms with van der Waals surface area (Å²) in [5, 5.41) is 7.63. The molecule has 0 aliphatic carbocycles. The van der Waals surface area contributed by atoms with Crippen molar-refractivity contribution in [1.29, 1.82) is 0 Å². The van der Waals surface area contributed by atoms with E-state index in [1.807, 2.05) is 30.3 Å². The Bertz CT molecular complexity index is 1370. The third-order valence-electron chi connectivity index (χ3n) is 5.91. The Morgan fingerprint density at radius 2 is 1.76 bits per heavy atom. The van der Waals surface area contributed by atoms with Crippen LogP contribution in [0.4, 0.5) is 5.82 Å². The lowest BCUT2D eigenvalue weighted by molar-refractivity contribution is -0.120. The molecule has 1 saturated heterocycles. The minimum absolute atomic E-state index is 0.136. The summed E-state index contributed by atoms with van der Waals surface area (Å²) in [4.78, 5) is 13.5. The molecule has 34 heavy (non-hydrogen) atoms. The van der Waals surface area contributed by atoms with Gasteiger partial charge in [-0.05, 0) is 43.2 Å². The molecule has 1 aliphatic rings. The van der Waals surface area contributed by atoms with Crippen LogP contribution in [0.2, 0.25) is 0 Å². The van der Waals surface area contributed by atoms with Crippen LogP contribution in [0.15, 0.2) is 94.6 Å². The molecule has 2 aromatic heterocycles. The number of furan rings is 1. The van der Waals surface area contributed by atoms with E-state index in [0.29, 0.717) is 30.9 Å². The molecule has 1 amide bonds. The van der Waals surface area contributed by atoms with Crippen molar-refractivity contribution in [2.45, 2.75) is 17.7 Å². The average Bonchev–Trinajstić information content (AvgIpc) is 3.56. The lowest BCUT2D eigenvalue weighted by Gasteiger charge is -2.31. The highest BCUT2D eigenvalue weighted by Crippen LogP contribution is 2.28. The van der Waals surface area contributed by atoms with Gasteiger partial charge in [-0.15, -0.1) is 0 Å². The van der Waals surface area contributed by atoms with Gasteiger partial charge in [0.15, 0.2) is 0 Å². The highest BCUT2D eigenvalue weighted by Gasteiger charge is 2.33. The van der Waals surface area contributed by atoms with Gasteiger partial charge in [-0.3, -0.25) is 4.79 Å². The Morgan fingerprint density at radius 1 is 1.03 bits per heavy atom. The monoisotopic (exact) mass is 476 g/mol. The summed E-state index contributed by atoms with van der Waals surface area (Å²) >= 11 is 0. The molecule has 1 atom stereocenters. The number of benzene rings is 2. The summed E-state index contributed by atoms with van der Waals surface area (Å²) in [5.41, 5.74) is 2.25. The van der Waals surface area contributed by atoms with Crippen molar-refractivity contribution in [2.75, 3.05) is 18.4 Å². The number of aromatic nitrogens is 2. The van der Waals surface area contributed by atoms with Crippen LogP contribution in [0.1, 0.15) is 12.8 Å². The fourth-order valence-electron chi connectivity index (χ4n) is 4.13. The van der Waals surface area contributed by atoms with Crippen LogP contribution in [-0.4, -0.2) is 41.5 Å². The second-order valence-electron chi connectivity index (χ2n) is 8.18. The lowest BCUT2D eigenvalue weighted by atomic mass is 9.99. The van der Waals surface area contributed by atoms with Crippen LogP contribution in [0, 0.1) is 5.92 Å². The first kappa shape index (κ1) is 22.1. The number of amides is 1. The van der Waals surface area contributed by atoms with Crippen LogP contribution in [0.5, 0.6) is 0 Å². The van der Waals surface area contributed by atoms with Gasteiger partial charge in [0.05, 0.1) is 34.7 Å². The number of hydrogen-bond donors (Lipinski definition) is 1. The van der Waals surface area contributed by atoms with E-state index in [2.05, 4.69) is 10.4 Å². The van der Waals surface area contributed by atoms with E-state index in [4.69, 9.17) is 4.42 Å². The summed E-state index contributed by atoms with van der Waals surface area (Å²) in [5.74, 6) is -0.192.